The number of rotatable bonds is 7. The SMILES string of the molecule is CCC(NC(=O)CNC(=O)c1cncc(NC2=NCC(C)(C)CN2)c1)c1cc(Cl)cc(Br)c1O. The zero-order valence-electron chi connectivity index (χ0n) is 19.2. The predicted molar refractivity (Wildman–Crippen MR) is 136 cm³/mol. The van der Waals surface area contributed by atoms with Gasteiger partial charge in [0.25, 0.3) is 5.91 Å². The second kappa shape index (κ2) is 11.1. The minimum atomic E-state index is -0.470. The van der Waals surface area contributed by atoms with Crippen LogP contribution in [0.4, 0.5) is 5.69 Å². The second-order valence-electron chi connectivity index (χ2n) is 8.81. The van der Waals surface area contributed by atoms with Gasteiger partial charge in [-0.15, -0.1) is 0 Å². The Bertz CT molecular complexity index is 1110. The van der Waals surface area contributed by atoms with Crippen LogP contribution in [0.5, 0.6) is 5.75 Å². The summed E-state index contributed by atoms with van der Waals surface area (Å²) in [4.78, 5) is 33.6. The molecule has 11 heteroatoms. The molecular formula is C23H28BrClN6O3. The Morgan fingerprint density at radius 3 is 2.74 bits per heavy atom. The first-order chi connectivity index (χ1) is 16.1. The van der Waals surface area contributed by atoms with E-state index in [1.807, 2.05) is 6.92 Å². The molecule has 0 saturated carbocycles. The van der Waals surface area contributed by atoms with Crippen molar-refractivity contribution >= 4 is 51.0 Å². The lowest BCUT2D eigenvalue weighted by molar-refractivity contribution is -0.120. The number of nitrogens with one attached hydrogen (secondary N) is 4. The van der Waals surface area contributed by atoms with Gasteiger partial charge in [-0.3, -0.25) is 19.6 Å². The molecule has 1 aliphatic rings. The highest BCUT2D eigenvalue weighted by Gasteiger charge is 2.23. The number of halogens is 2. The number of carbonyl (C=O) groups excluding carboxylic acids is 2. The number of hydrogen-bond acceptors (Lipinski definition) is 7. The summed E-state index contributed by atoms with van der Waals surface area (Å²) in [5.41, 5.74) is 1.49. The molecule has 1 atom stereocenters. The highest BCUT2D eigenvalue weighted by molar-refractivity contribution is 9.10. The Labute approximate surface area is 211 Å². The van der Waals surface area contributed by atoms with Gasteiger partial charge in [-0.05, 0) is 40.5 Å². The summed E-state index contributed by atoms with van der Waals surface area (Å²) >= 11 is 9.34. The first kappa shape index (κ1) is 25.8. The standard InChI is InChI=1S/C23H28BrClN6O3/c1-4-18(16-6-14(25)7-17(24)20(16)33)31-19(32)10-27-21(34)13-5-15(9-26-8-13)30-22-28-11-23(2,3)12-29-22/h5-9,18,33H,4,10-12H2,1-3H3,(H,27,34)(H,31,32)(H2,28,29,30). The summed E-state index contributed by atoms with van der Waals surface area (Å²) in [6.45, 7) is 7.36. The molecule has 0 bridgehead atoms. The number of aliphatic imine (C=N–C) groups is 1. The van der Waals surface area contributed by atoms with Crippen LogP contribution in [0.2, 0.25) is 5.02 Å². The van der Waals surface area contributed by atoms with Gasteiger partial charge >= 0.3 is 0 Å². The topological polar surface area (TPSA) is 128 Å². The molecule has 0 fully saturated rings. The molecule has 5 N–H and O–H groups in total. The molecule has 2 aromatic rings. The third kappa shape index (κ3) is 6.83. The molecule has 1 unspecified atom stereocenters. The van der Waals surface area contributed by atoms with E-state index in [2.05, 4.69) is 61.0 Å². The van der Waals surface area contributed by atoms with E-state index < -0.39 is 17.9 Å². The predicted octanol–water partition coefficient (Wildman–Crippen LogP) is 3.60. The maximum atomic E-state index is 12.6. The van der Waals surface area contributed by atoms with Crippen molar-refractivity contribution in [3.8, 4) is 5.75 Å². The van der Waals surface area contributed by atoms with Crippen molar-refractivity contribution in [1.82, 2.24) is 20.9 Å². The van der Waals surface area contributed by atoms with Crippen molar-refractivity contribution in [2.45, 2.75) is 33.2 Å². The van der Waals surface area contributed by atoms with Crippen molar-refractivity contribution in [2.75, 3.05) is 25.0 Å². The molecule has 2 heterocycles. The smallest absolute Gasteiger partial charge is 0.253 e. The molecule has 0 spiro atoms. The first-order valence-electron chi connectivity index (χ1n) is 10.8. The Hall–Kier alpha value is -2.85. The lowest BCUT2D eigenvalue weighted by Crippen LogP contribution is -2.44. The number of aromatic nitrogens is 1. The van der Waals surface area contributed by atoms with Crippen molar-refractivity contribution in [1.29, 1.82) is 0 Å². The lowest BCUT2D eigenvalue weighted by atomic mass is 9.93. The van der Waals surface area contributed by atoms with E-state index in [0.717, 1.165) is 6.54 Å². The normalized spacial score (nSPS) is 15.5. The maximum absolute atomic E-state index is 12.6. The largest absolute Gasteiger partial charge is 0.506 e. The minimum absolute atomic E-state index is 0.0107. The van der Waals surface area contributed by atoms with Crippen LogP contribution in [0.1, 0.15) is 49.2 Å². The fourth-order valence-electron chi connectivity index (χ4n) is 3.34. The number of carbonyl (C=O) groups is 2. The van der Waals surface area contributed by atoms with Crippen LogP contribution in [-0.2, 0) is 4.79 Å². The van der Waals surface area contributed by atoms with E-state index in [4.69, 9.17) is 11.6 Å². The van der Waals surface area contributed by atoms with Crippen LogP contribution in [0, 0.1) is 5.41 Å². The molecule has 1 aromatic carbocycles. The summed E-state index contributed by atoms with van der Waals surface area (Å²) < 4.78 is 0.440. The Morgan fingerprint density at radius 2 is 2.06 bits per heavy atom. The summed E-state index contributed by atoms with van der Waals surface area (Å²) in [6.07, 6.45) is 3.54. The number of nitrogens with zero attached hydrogens (tertiary/aromatic N) is 2. The molecule has 182 valence electrons. The number of guanidine groups is 1. The van der Waals surface area contributed by atoms with Gasteiger partial charge in [0, 0.05) is 35.3 Å². The average molecular weight is 552 g/mol. The van der Waals surface area contributed by atoms with Crippen LogP contribution in [0.25, 0.3) is 0 Å². The molecule has 1 aliphatic heterocycles. The molecular weight excluding hydrogens is 524 g/mol. The van der Waals surface area contributed by atoms with Crippen LogP contribution in [0.3, 0.4) is 0 Å². The number of hydrogen-bond donors (Lipinski definition) is 5. The Balaban J connectivity index is 1.57. The van der Waals surface area contributed by atoms with Gasteiger partial charge in [-0.25, -0.2) is 0 Å². The van der Waals surface area contributed by atoms with Crippen LogP contribution >= 0.6 is 27.5 Å². The number of phenols is 1. The fraction of sp³-hybridized carbons (Fsp3) is 0.391. The molecule has 0 saturated heterocycles. The van der Waals surface area contributed by atoms with Gasteiger partial charge in [-0.1, -0.05) is 32.4 Å². The molecule has 3 rings (SSSR count). The second-order valence-corrected chi connectivity index (χ2v) is 10.1. The zero-order chi connectivity index (χ0) is 24.9. The average Bonchev–Trinajstić information content (AvgIpc) is 2.80. The summed E-state index contributed by atoms with van der Waals surface area (Å²) in [6, 6.07) is 4.35. The molecule has 0 aliphatic carbocycles. The number of anilines is 1. The molecule has 9 nitrogen and oxygen atoms in total. The third-order valence-electron chi connectivity index (χ3n) is 5.25. The summed E-state index contributed by atoms with van der Waals surface area (Å²) in [5.74, 6) is -0.204. The fourth-order valence-corrected chi connectivity index (χ4v) is 4.17. The van der Waals surface area contributed by atoms with Crippen LogP contribution < -0.4 is 21.3 Å². The van der Waals surface area contributed by atoms with E-state index in [9.17, 15) is 14.7 Å². The van der Waals surface area contributed by atoms with Gasteiger partial charge < -0.3 is 26.4 Å². The van der Waals surface area contributed by atoms with Gasteiger partial charge in [0.1, 0.15) is 5.75 Å². The summed E-state index contributed by atoms with van der Waals surface area (Å²) in [7, 11) is 0. The quantitative estimate of drug-likeness (QED) is 0.358. The number of aromatic hydroxyl groups is 1. The number of pyridine rings is 1. The molecule has 34 heavy (non-hydrogen) atoms. The maximum Gasteiger partial charge on any atom is 0.253 e. The Kier molecular flexibility index (Phi) is 8.37. The van der Waals surface area contributed by atoms with Crippen molar-refractivity contribution in [3.05, 3.63) is 51.2 Å². The molecule has 0 radical (unpaired) electrons. The first-order valence-corrected chi connectivity index (χ1v) is 12.0. The van der Waals surface area contributed by atoms with Crippen molar-refractivity contribution < 1.29 is 14.7 Å². The van der Waals surface area contributed by atoms with Crippen LogP contribution in [-0.4, -0.2) is 47.5 Å². The molecule has 1 aromatic heterocycles. The highest BCUT2D eigenvalue weighted by atomic mass is 79.9. The van der Waals surface area contributed by atoms with E-state index in [0.29, 0.717) is 45.2 Å². The number of benzene rings is 1. The van der Waals surface area contributed by atoms with Gasteiger partial charge in [0.05, 0.1) is 34.5 Å². The summed E-state index contributed by atoms with van der Waals surface area (Å²) in [5, 5.41) is 22.5. The lowest BCUT2D eigenvalue weighted by Gasteiger charge is -2.29. The Morgan fingerprint density at radius 1 is 1.29 bits per heavy atom. The van der Waals surface area contributed by atoms with Crippen molar-refractivity contribution in [3.63, 3.8) is 0 Å². The van der Waals surface area contributed by atoms with Gasteiger partial charge in [0.15, 0.2) is 5.96 Å². The van der Waals surface area contributed by atoms with Crippen LogP contribution in [0.15, 0.2) is 40.1 Å². The number of phenolic OH excluding ortho intramolecular Hbond substituents is 1. The highest BCUT2D eigenvalue weighted by Crippen LogP contribution is 2.36. The zero-order valence-corrected chi connectivity index (χ0v) is 21.5. The van der Waals surface area contributed by atoms with Crippen molar-refractivity contribution in [2.24, 2.45) is 10.4 Å². The number of amides is 2. The van der Waals surface area contributed by atoms with E-state index in [-0.39, 0.29) is 17.7 Å². The van der Waals surface area contributed by atoms with Gasteiger partial charge in [0.2, 0.25) is 5.91 Å². The van der Waals surface area contributed by atoms with E-state index >= 15 is 0 Å². The minimum Gasteiger partial charge on any atom is -0.506 e. The third-order valence-corrected chi connectivity index (χ3v) is 6.07. The van der Waals surface area contributed by atoms with E-state index in [1.54, 1.807) is 24.4 Å². The molecule has 2 amide bonds. The monoisotopic (exact) mass is 550 g/mol. The van der Waals surface area contributed by atoms with E-state index in [1.165, 1.54) is 6.20 Å². The van der Waals surface area contributed by atoms with Gasteiger partial charge in [-0.2, -0.15) is 0 Å².